The van der Waals surface area contributed by atoms with Crippen LogP contribution >= 0.6 is 0 Å². The van der Waals surface area contributed by atoms with Crippen LogP contribution < -0.4 is 0 Å². The van der Waals surface area contributed by atoms with Gasteiger partial charge in [-0.25, -0.2) is 0 Å². The summed E-state index contributed by atoms with van der Waals surface area (Å²) in [7, 11) is 0. The lowest BCUT2D eigenvalue weighted by atomic mass is 9.86. The molecule has 1 heteroatoms. The summed E-state index contributed by atoms with van der Waals surface area (Å²) in [5.74, 6) is 0. The van der Waals surface area contributed by atoms with Crippen LogP contribution in [-0.4, -0.2) is 0 Å². The van der Waals surface area contributed by atoms with Gasteiger partial charge < -0.3 is 4.42 Å². The molecule has 0 radical (unpaired) electrons. The first-order chi connectivity index (χ1) is 24.3. The summed E-state index contributed by atoms with van der Waals surface area (Å²) in [6, 6.07) is 69.3. The van der Waals surface area contributed by atoms with Crippen LogP contribution in [0, 0.1) is 0 Å². The molecule has 1 heterocycles. The first kappa shape index (κ1) is 28.8. The Morgan fingerprint density at radius 1 is 0.245 bits per heavy atom. The van der Waals surface area contributed by atoms with Crippen LogP contribution in [0.2, 0.25) is 0 Å². The molecule has 1 aromatic heterocycles. The second-order valence-electron chi connectivity index (χ2n) is 12.4. The zero-order chi connectivity index (χ0) is 32.6. The minimum atomic E-state index is 0.883. The van der Waals surface area contributed by atoms with Crippen molar-refractivity contribution in [1.29, 1.82) is 0 Å². The van der Waals surface area contributed by atoms with Crippen LogP contribution in [0.15, 0.2) is 199 Å². The third kappa shape index (κ3) is 5.23. The monoisotopic (exact) mass is 624 g/mol. The molecule has 0 aliphatic heterocycles. The summed E-state index contributed by atoms with van der Waals surface area (Å²) in [6.07, 6.45) is 0. The van der Waals surface area contributed by atoms with Crippen molar-refractivity contribution in [2.75, 3.05) is 0 Å². The van der Waals surface area contributed by atoms with E-state index in [1.165, 1.54) is 55.6 Å². The third-order valence-electron chi connectivity index (χ3n) is 9.51. The van der Waals surface area contributed by atoms with Crippen molar-refractivity contribution >= 4 is 21.9 Å². The molecule has 0 amide bonds. The fourth-order valence-electron chi connectivity index (χ4n) is 7.25. The van der Waals surface area contributed by atoms with Gasteiger partial charge >= 0.3 is 0 Å². The number of rotatable bonds is 6. The van der Waals surface area contributed by atoms with Gasteiger partial charge in [0.2, 0.25) is 0 Å². The number of furan rings is 1. The molecule has 0 N–H and O–H groups in total. The Morgan fingerprint density at radius 2 is 0.551 bits per heavy atom. The van der Waals surface area contributed by atoms with Gasteiger partial charge in [0.1, 0.15) is 11.2 Å². The summed E-state index contributed by atoms with van der Waals surface area (Å²) >= 11 is 0. The van der Waals surface area contributed by atoms with E-state index in [1.807, 2.05) is 0 Å². The highest BCUT2D eigenvalue weighted by atomic mass is 16.3. The predicted octanol–water partition coefficient (Wildman–Crippen LogP) is 13.6. The normalized spacial score (nSPS) is 11.3. The van der Waals surface area contributed by atoms with Gasteiger partial charge in [0, 0.05) is 10.8 Å². The van der Waals surface area contributed by atoms with E-state index >= 15 is 0 Å². The Labute approximate surface area is 286 Å². The van der Waals surface area contributed by atoms with Crippen LogP contribution in [0.25, 0.3) is 88.7 Å². The zero-order valence-corrected chi connectivity index (χ0v) is 26.9. The second-order valence-corrected chi connectivity index (χ2v) is 12.4. The smallest absolute Gasteiger partial charge is 0.135 e. The highest BCUT2D eigenvalue weighted by molar-refractivity contribution is 6.10. The number of hydrogen-bond donors (Lipinski definition) is 0. The fourth-order valence-corrected chi connectivity index (χ4v) is 7.25. The van der Waals surface area contributed by atoms with Crippen molar-refractivity contribution in [3.05, 3.63) is 194 Å². The molecule has 1 nitrogen and oxygen atoms in total. The average molecular weight is 625 g/mol. The first-order valence-corrected chi connectivity index (χ1v) is 16.8. The molecular weight excluding hydrogens is 593 g/mol. The number of fused-ring (bicyclic) bond motifs is 3. The quantitative estimate of drug-likeness (QED) is 0.179. The molecule has 0 bridgehead atoms. The summed E-state index contributed by atoms with van der Waals surface area (Å²) in [5, 5.41) is 2.21. The summed E-state index contributed by atoms with van der Waals surface area (Å²) < 4.78 is 6.49. The molecule has 0 unspecified atom stereocenters. The third-order valence-corrected chi connectivity index (χ3v) is 9.51. The van der Waals surface area contributed by atoms with Crippen molar-refractivity contribution in [2.45, 2.75) is 0 Å². The van der Waals surface area contributed by atoms with E-state index < -0.39 is 0 Å². The molecule has 0 saturated carbocycles. The minimum absolute atomic E-state index is 0.883. The maximum Gasteiger partial charge on any atom is 0.135 e. The van der Waals surface area contributed by atoms with E-state index in [2.05, 4.69) is 194 Å². The van der Waals surface area contributed by atoms with Crippen LogP contribution in [0.4, 0.5) is 0 Å². The second kappa shape index (κ2) is 12.3. The Morgan fingerprint density at radius 3 is 0.857 bits per heavy atom. The van der Waals surface area contributed by atoms with E-state index in [-0.39, 0.29) is 0 Å². The largest absolute Gasteiger partial charge is 0.456 e. The SMILES string of the molecule is c1ccc(-c2cccc(-c3ccccc3)c2-c2ccc3oc4ccc(-c5c(-c6ccccc6)cccc5-c5ccccc5)cc4c3c2)cc1. The molecule has 9 aromatic rings. The standard InChI is InChI=1S/C48H32O/c1-5-15-33(16-6-1)39-23-13-24-40(34-17-7-2-8-18-34)47(39)37-27-29-45-43(31-37)44-32-38(28-30-46(44)49-45)48-41(35-19-9-3-10-20-35)25-14-26-42(48)36-21-11-4-12-22-36/h1-32H. The molecule has 0 atom stereocenters. The molecule has 9 rings (SSSR count). The van der Waals surface area contributed by atoms with Gasteiger partial charge in [0.15, 0.2) is 0 Å². The Kier molecular flexibility index (Phi) is 7.22. The molecule has 0 aliphatic carbocycles. The average Bonchev–Trinajstić information content (AvgIpc) is 3.56. The van der Waals surface area contributed by atoms with Crippen molar-refractivity contribution in [2.24, 2.45) is 0 Å². The molecular formula is C48H32O. The van der Waals surface area contributed by atoms with E-state index in [0.29, 0.717) is 0 Å². The highest BCUT2D eigenvalue weighted by Crippen LogP contribution is 2.44. The van der Waals surface area contributed by atoms with Gasteiger partial charge in [0.05, 0.1) is 0 Å². The molecule has 0 fully saturated rings. The Bertz CT molecular complexity index is 2270. The van der Waals surface area contributed by atoms with Crippen LogP contribution in [0.3, 0.4) is 0 Å². The van der Waals surface area contributed by atoms with Gasteiger partial charge in [0.25, 0.3) is 0 Å². The maximum atomic E-state index is 6.49. The summed E-state index contributed by atoms with van der Waals surface area (Å²) in [5.41, 5.74) is 16.1. The van der Waals surface area contributed by atoms with E-state index in [1.54, 1.807) is 0 Å². The number of benzene rings is 8. The zero-order valence-electron chi connectivity index (χ0n) is 26.9. The predicted molar refractivity (Wildman–Crippen MR) is 206 cm³/mol. The van der Waals surface area contributed by atoms with E-state index in [4.69, 9.17) is 4.42 Å². The van der Waals surface area contributed by atoms with Crippen molar-refractivity contribution < 1.29 is 4.42 Å². The summed E-state index contributed by atoms with van der Waals surface area (Å²) in [4.78, 5) is 0. The van der Waals surface area contributed by atoms with Gasteiger partial charge in [-0.1, -0.05) is 170 Å². The first-order valence-electron chi connectivity index (χ1n) is 16.8. The fraction of sp³-hybridized carbons (Fsp3) is 0. The maximum absolute atomic E-state index is 6.49. The summed E-state index contributed by atoms with van der Waals surface area (Å²) in [6.45, 7) is 0. The van der Waals surface area contributed by atoms with Crippen LogP contribution in [-0.2, 0) is 0 Å². The van der Waals surface area contributed by atoms with Crippen molar-refractivity contribution in [1.82, 2.24) is 0 Å². The van der Waals surface area contributed by atoms with Gasteiger partial charge in [-0.05, 0) is 91.0 Å². The van der Waals surface area contributed by atoms with Gasteiger partial charge in [-0.15, -0.1) is 0 Å². The molecule has 230 valence electrons. The topological polar surface area (TPSA) is 13.1 Å². The van der Waals surface area contributed by atoms with Crippen LogP contribution in [0.1, 0.15) is 0 Å². The van der Waals surface area contributed by atoms with Gasteiger partial charge in [-0.3, -0.25) is 0 Å². The minimum Gasteiger partial charge on any atom is -0.456 e. The van der Waals surface area contributed by atoms with E-state index in [9.17, 15) is 0 Å². The van der Waals surface area contributed by atoms with Crippen molar-refractivity contribution in [3.63, 3.8) is 0 Å². The lowest BCUT2D eigenvalue weighted by Gasteiger charge is -2.17. The van der Waals surface area contributed by atoms with Crippen LogP contribution in [0.5, 0.6) is 0 Å². The number of hydrogen-bond acceptors (Lipinski definition) is 1. The molecule has 0 saturated heterocycles. The Balaban J connectivity index is 1.28. The van der Waals surface area contributed by atoms with E-state index in [0.717, 1.165) is 33.1 Å². The molecule has 0 spiro atoms. The lowest BCUT2D eigenvalue weighted by molar-refractivity contribution is 0.669. The lowest BCUT2D eigenvalue weighted by Crippen LogP contribution is -1.91. The highest BCUT2D eigenvalue weighted by Gasteiger charge is 2.19. The van der Waals surface area contributed by atoms with Crippen molar-refractivity contribution in [3.8, 4) is 66.8 Å². The molecule has 0 aliphatic rings. The Hall–Kier alpha value is -6.44. The van der Waals surface area contributed by atoms with Gasteiger partial charge in [-0.2, -0.15) is 0 Å². The molecule has 49 heavy (non-hydrogen) atoms. The molecule has 8 aromatic carbocycles.